The number of ether oxygens (including phenoxy) is 2. The minimum atomic E-state index is -0.0229. The predicted octanol–water partition coefficient (Wildman–Crippen LogP) is 3.06. The molecular formula is C11H22O2S. The van der Waals surface area contributed by atoms with Crippen molar-refractivity contribution in [3.63, 3.8) is 0 Å². The molecule has 0 saturated heterocycles. The smallest absolute Gasteiger partial charge is 0.155 e. The Morgan fingerprint density at radius 3 is 2.64 bits per heavy atom. The summed E-state index contributed by atoms with van der Waals surface area (Å²) in [5, 5.41) is 0. The fraction of sp³-hybridized carbons (Fsp3) is 1.00. The molecule has 3 heteroatoms. The summed E-state index contributed by atoms with van der Waals surface area (Å²) in [4.78, 5) is 0. The van der Waals surface area contributed by atoms with Crippen LogP contribution in [-0.4, -0.2) is 31.0 Å². The third-order valence-corrected chi connectivity index (χ3v) is 3.15. The van der Waals surface area contributed by atoms with Crippen molar-refractivity contribution in [1.82, 2.24) is 0 Å². The maximum absolute atomic E-state index is 5.81. The molecular weight excluding hydrogens is 196 g/mol. The van der Waals surface area contributed by atoms with Gasteiger partial charge in [-0.3, -0.25) is 0 Å². The Morgan fingerprint density at radius 1 is 1.29 bits per heavy atom. The van der Waals surface area contributed by atoms with Gasteiger partial charge in [-0.2, -0.15) is 11.8 Å². The summed E-state index contributed by atoms with van der Waals surface area (Å²) in [6.07, 6.45) is 8.98. The topological polar surface area (TPSA) is 18.5 Å². The summed E-state index contributed by atoms with van der Waals surface area (Å²) in [5.74, 6) is 1.05. The lowest BCUT2D eigenvalue weighted by molar-refractivity contribution is -0.162. The molecule has 0 spiro atoms. The van der Waals surface area contributed by atoms with Crippen molar-refractivity contribution in [2.45, 2.75) is 51.4 Å². The molecule has 0 bridgehead atoms. The summed E-state index contributed by atoms with van der Waals surface area (Å²) in [6.45, 7) is 2.81. The average molecular weight is 218 g/mol. The van der Waals surface area contributed by atoms with Crippen LogP contribution in [0.25, 0.3) is 0 Å². The molecule has 0 N–H and O–H groups in total. The minimum Gasteiger partial charge on any atom is -0.352 e. The van der Waals surface area contributed by atoms with Crippen molar-refractivity contribution in [3.8, 4) is 0 Å². The van der Waals surface area contributed by atoms with Gasteiger partial charge in [0.2, 0.25) is 0 Å². The highest BCUT2D eigenvalue weighted by Gasteiger charge is 2.16. The lowest BCUT2D eigenvalue weighted by Crippen LogP contribution is -2.24. The predicted molar refractivity (Wildman–Crippen MR) is 61.8 cm³/mol. The number of rotatable bonds is 6. The van der Waals surface area contributed by atoms with Gasteiger partial charge >= 0.3 is 0 Å². The largest absolute Gasteiger partial charge is 0.352 e. The first-order valence-electron chi connectivity index (χ1n) is 5.59. The van der Waals surface area contributed by atoms with E-state index in [-0.39, 0.29) is 6.29 Å². The lowest BCUT2D eigenvalue weighted by atomic mass is 9.98. The monoisotopic (exact) mass is 218 g/mol. The second-order valence-electron chi connectivity index (χ2n) is 3.83. The van der Waals surface area contributed by atoms with E-state index in [4.69, 9.17) is 9.47 Å². The molecule has 0 heterocycles. The van der Waals surface area contributed by atoms with Crippen molar-refractivity contribution in [3.05, 3.63) is 0 Å². The van der Waals surface area contributed by atoms with Gasteiger partial charge in [0.1, 0.15) is 0 Å². The van der Waals surface area contributed by atoms with E-state index in [1.165, 1.54) is 32.1 Å². The van der Waals surface area contributed by atoms with Crippen molar-refractivity contribution in [2.75, 3.05) is 18.6 Å². The van der Waals surface area contributed by atoms with E-state index in [9.17, 15) is 0 Å². The molecule has 1 saturated carbocycles. The van der Waals surface area contributed by atoms with E-state index in [2.05, 4.69) is 6.26 Å². The second kappa shape index (κ2) is 7.55. The van der Waals surface area contributed by atoms with E-state index >= 15 is 0 Å². The Kier molecular flexibility index (Phi) is 6.65. The summed E-state index contributed by atoms with van der Waals surface area (Å²) in [5.41, 5.74) is 0. The van der Waals surface area contributed by atoms with Crippen molar-refractivity contribution >= 4 is 11.8 Å². The zero-order valence-electron chi connectivity index (χ0n) is 9.33. The highest BCUT2D eigenvalue weighted by Crippen LogP contribution is 2.21. The quantitative estimate of drug-likeness (QED) is 0.504. The number of hydrogen-bond acceptors (Lipinski definition) is 3. The van der Waals surface area contributed by atoms with Gasteiger partial charge in [0.05, 0.1) is 12.7 Å². The van der Waals surface area contributed by atoms with E-state index in [1.54, 1.807) is 0 Å². The summed E-state index contributed by atoms with van der Waals surface area (Å²) in [7, 11) is 0. The molecule has 1 rings (SSSR count). The van der Waals surface area contributed by atoms with Gasteiger partial charge in [-0.05, 0) is 26.0 Å². The first-order chi connectivity index (χ1) is 6.83. The van der Waals surface area contributed by atoms with Crippen molar-refractivity contribution in [2.24, 2.45) is 0 Å². The standard InChI is InChI=1S/C11H22O2S/c1-10(12-8-9-14-2)13-11-6-4-3-5-7-11/h10-11H,3-9H2,1-2H3. The fourth-order valence-corrected chi connectivity index (χ4v) is 2.07. The maximum Gasteiger partial charge on any atom is 0.155 e. The SMILES string of the molecule is CSCCOC(C)OC1CCCCC1. The Hall–Kier alpha value is 0.270. The molecule has 2 nitrogen and oxygen atoms in total. The van der Waals surface area contributed by atoms with Gasteiger partial charge < -0.3 is 9.47 Å². The zero-order valence-corrected chi connectivity index (χ0v) is 10.1. The Labute approximate surface area is 91.7 Å². The molecule has 0 aromatic carbocycles. The van der Waals surface area contributed by atoms with Crippen molar-refractivity contribution < 1.29 is 9.47 Å². The fourth-order valence-electron chi connectivity index (χ4n) is 1.81. The molecule has 0 aliphatic heterocycles. The van der Waals surface area contributed by atoms with Crippen LogP contribution in [0.15, 0.2) is 0 Å². The highest BCUT2D eigenvalue weighted by molar-refractivity contribution is 7.98. The van der Waals surface area contributed by atoms with E-state index in [0.29, 0.717) is 6.10 Å². The summed E-state index contributed by atoms with van der Waals surface area (Å²) < 4.78 is 11.3. The summed E-state index contributed by atoms with van der Waals surface area (Å²) in [6, 6.07) is 0. The van der Waals surface area contributed by atoms with Gasteiger partial charge in [0, 0.05) is 5.75 Å². The Bertz CT molecular complexity index is 135. The minimum absolute atomic E-state index is 0.0229. The normalized spacial score (nSPS) is 21.0. The van der Waals surface area contributed by atoms with Crippen LogP contribution < -0.4 is 0 Å². The van der Waals surface area contributed by atoms with Gasteiger partial charge in [0.15, 0.2) is 6.29 Å². The van der Waals surface area contributed by atoms with Crippen LogP contribution in [0.4, 0.5) is 0 Å². The third kappa shape index (κ3) is 5.23. The molecule has 84 valence electrons. The van der Waals surface area contributed by atoms with Crippen LogP contribution in [0.3, 0.4) is 0 Å². The zero-order chi connectivity index (χ0) is 10.2. The van der Waals surface area contributed by atoms with Crippen LogP contribution >= 0.6 is 11.8 Å². The molecule has 0 aromatic heterocycles. The van der Waals surface area contributed by atoms with E-state index in [0.717, 1.165) is 12.4 Å². The average Bonchev–Trinajstić information content (AvgIpc) is 2.20. The van der Waals surface area contributed by atoms with Gasteiger partial charge in [-0.25, -0.2) is 0 Å². The van der Waals surface area contributed by atoms with Crippen LogP contribution in [0.1, 0.15) is 39.0 Å². The van der Waals surface area contributed by atoms with Gasteiger partial charge in [0.25, 0.3) is 0 Å². The second-order valence-corrected chi connectivity index (χ2v) is 4.81. The molecule has 0 aromatic rings. The molecule has 0 amide bonds. The van der Waals surface area contributed by atoms with E-state index in [1.807, 2.05) is 18.7 Å². The van der Waals surface area contributed by atoms with Crippen LogP contribution in [0, 0.1) is 0 Å². The Morgan fingerprint density at radius 2 is 2.00 bits per heavy atom. The summed E-state index contributed by atoms with van der Waals surface area (Å²) >= 11 is 1.81. The molecule has 1 aliphatic carbocycles. The van der Waals surface area contributed by atoms with Crippen molar-refractivity contribution in [1.29, 1.82) is 0 Å². The molecule has 1 fully saturated rings. The molecule has 1 atom stereocenters. The molecule has 14 heavy (non-hydrogen) atoms. The Balaban J connectivity index is 2.03. The highest BCUT2D eigenvalue weighted by atomic mass is 32.2. The van der Waals surface area contributed by atoms with Crippen LogP contribution in [0.2, 0.25) is 0 Å². The van der Waals surface area contributed by atoms with Gasteiger partial charge in [-0.15, -0.1) is 0 Å². The van der Waals surface area contributed by atoms with Crippen LogP contribution in [-0.2, 0) is 9.47 Å². The maximum atomic E-state index is 5.81. The van der Waals surface area contributed by atoms with E-state index < -0.39 is 0 Å². The molecule has 1 unspecified atom stereocenters. The first kappa shape index (κ1) is 12.3. The van der Waals surface area contributed by atoms with Crippen LogP contribution in [0.5, 0.6) is 0 Å². The third-order valence-electron chi connectivity index (χ3n) is 2.58. The van der Waals surface area contributed by atoms with Gasteiger partial charge in [-0.1, -0.05) is 19.3 Å². The molecule has 0 radical (unpaired) electrons. The number of thioether (sulfide) groups is 1. The first-order valence-corrected chi connectivity index (χ1v) is 6.98. The lowest BCUT2D eigenvalue weighted by Gasteiger charge is -2.25. The number of hydrogen-bond donors (Lipinski definition) is 0. The molecule has 1 aliphatic rings.